The summed E-state index contributed by atoms with van der Waals surface area (Å²) in [5, 5.41) is 4.35. The van der Waals surface area contributed by atoms with Crippen molar-refractivity contribution in [2.24, 2.45) is 0 Å². The predicted octanol–water partition coefficient (Wildman–Crippen LogP) is 5.05. The molecule has 2 aromatic carbocycles. The van der Waals surface area contributed by atoms with E-state index in [0.717, 1.165) is 11.3 Å². The predicted molar refractivity (Wildman–Crippen MR) is 74.9 cm³/mol. The lowest BCUT2D eigenvalue weighted by atomic mass is 10.1. The Morgan fingerprint density at radius 2 is 1.78 bits per heavy atom. The lowest BCUT2D eigenvalue weighted by Gasteiger charge is -2.10. The highest BCUT2D eigenvalue weighted by atomic mass is 35.5. The minimum Gasteiger partial charge on any atom is -0.381 e. The van der Waals surface area contributed by atoms with Crippen molar-refractivity contribution in [1.29, 1.82) is 0 Å². The monoisotopic (exact) mass is 283 g/mol. The van der Waals surface area contributed by atoms with Crippen LogP contribution in [0, 0.1) is 12.7 Å². The number of benzene rings is 2. The van der Waals surface area contributed by atoms with Crippen molar-refractivity contribution in [2.75, 3.05) is 5.32 Å². The van der Waals surface area contributed by atoms with Gasteiger partial charge in [0.15, 0.2) is 0 Å². The van der Waals surface area contributed by atoms with E-state index in [1.54, 1.807) is 19.1 Å². The van der Waals surface area contributed by atoms with E-state index in [1.807, 2.05) is 18.2 Å². The zero-order valence-corrected chi connectivity index (χ0v) is 11.3. The molecule has 0 heterocycles. The van der Waals surface area contributed by atoms with Crippen LogP contribution in [0.4, 0.5) is 10.1 Å². The molecule has 0 radical (unpaired) electrons. The summed E-state index contributed by atoms with van der Waals surface area (Å²) in [5.74, 6) is -0.218. The Labute approximate surface area is 116 Å². The van der Waals surface area contributed by atoms with Crippen LogP contribution >= 0.6 is 23.2 Å². The number of nitrogens with one attached hydrogen (secondary N) is 1. The van der Waals surface area contributed by atoms with Crippen LogP contribution in [0.1, 0.15) is 11.1 Å². The fourth-order valence-electron chi connectivity index (χ4n) is 1.71. The maximum Gasteiger partial charge on any atom is 0.128 e. The first-order chi connectivity index (χ1) is 8.56. The van der Waals surface area contributed by atoms with E-state index >= 15 is 0 Å². The van der Waals surface area contributed by atoms with Crippen LogP contribution in [-0.2, 0) is 6.54 Å². The first-order valence-corrected chi connectivity index (χ1v) is 6.26. The molecule has 0 amide bonds. The molecule has 1 nitrogen and oxygen atoms in total. The lowest BCUT2D eigenvalue weighted by Crippen LogP contribution is -2.02. The Kier molecular flexibility index (Phi) is 4.10. The van der Waals surface area contributed by atoms with Gasteiger partial charge in [0.1, 0.15) is 5.82 Å². The van der Waals surface area contributed by atoms with Gasteiger partial charge in [-0.15, -0.1) is 0 Å². The molecule has 1 N–H and O–H groups in total. The quantitative estimate of drug-likeness (QED) is 0.831. The van der Waals surface area contributed by atoms with Gasteiger partial charge in [0.05, 0.1) is 0 Å². The average molecular weight is 284 g/mol. The van der Waals surface area contributed by atoms with Gasteiger partial charge in [-0.1, -0.05) is 29.3 Å². The van der Waals surface area contributed by atoms with E-state index in [1.165, 1.54) is 6.07 Å². The van der Waals surface area contributed by atoms with Gasteiger partial charge in [-0.05, 0) is 42.8 Å². The fraction of sp³-hybridized carbons (Fsp3) is 0.143. The van der Waals surface area contributed by atoms with E-state index < -0.39 is 0 Å². The molecule has 0 saturated carbocycles. The summed E-state index contributed by atoms with van der Waals surface area (Å²) in [4.78, 5) is 0. The first-order valence-electron chi connectivity index (χ1n) is 5.50. The SMILES string of the molecule is Cc1c(F)cccc1NCc1cc(Cl)cc(Cl)c1. The van der Waals surface area contributed by atoms with Crippen molar-refractivity contribution in [3.05, 3.63) is 63.4 Å². The second-order valence-corrected chi connectivity index (χ2v) is 4.92. The number of halogens is 3. The number of rotatable bonds is 3. The molecule has 94 valence electrons. The van der Waals surface area contributed by atoms with Crippen LogP contribution < -0.4 is 5.32 Å². The summed E-state index contributed by atoms with van der Waals surface area (Å²) in [6.45, 7) is 2.28. The van der Waals surface area contributed by atoms with Crippen LogP contribution in [-0.4, -0.2) is 0 Å². The van der Waals surface area contributed by atoms with Gasteiger partial charge in [-0.2, -0.15) is 0 Å². The summed E-state index contributed by atoms with van der Waals surface area (Å²) < 4.78 is 13.4. The fourth-order valence-corrected chi connectivity index (χ4v) is 2.28. The van der Waals surface area contributed by atoms with Crippen LogP contribution in [0.2, 0.25) is 10.0 Å². The lowest BCUT2D eigenvalue weighted by molar-refractivity contribution is 0.619. The second-order valence-electron chi connectivity index (χ2n) is 4.04. The summed E-state index contributed by atoms with van der Waals surface area (Å²) in [5.41, 5.74) is 2.33. The zero-order valence-electron chi connectivity index (χ0n) is 9.81. The number of hydrogen-bond acceptors (Lipinski definition) is 1. The van der Waals surface area contributed by atoms with Gasteiger partial charge in [0, 0.05) is 27.8 Å². The highest BCUT2D eigenvalue weighted by Gasteiger charge is 2.03. The van der Waals surface area contributed by atoms with Crippen molar-refractivity contribution in [1.82, 2.24) is 0 Å². The molecule has 2 aromatic rings. The molecule has 2 rings (SSSR count). The van der Waals surface area contributed by atoms with E-state index in [2.05, 4.69) is 5.32 Å². The van der Waals surface area contributed by atoms with Crippen LogP contribution in [0.15, 0.2) is 36.4 Å². The molecule has 0 fully saturated rings. The molecule has 18 heavy (non-hydrogen) atoms. The molecule has 0 saturated heterocycles. The van der Waals surface area contributed by atoms with Gasteiger partial charge in [0.25, 0.3) is 0 Å². The number of hydrogen-bond donors (Lipinski definition) is 1. The Morgan fingerprint density at radius 1 is 1.11 bits per heavy atom. The molecule has 0 unspecified atom stereocenters. The molecule has 0 aliphatic rings. The van der Waals surface area contributed by atoms with Crippen molar-refractivity contribution >= 4 is 28.9 Å². The van der Waals surface area contributed by atoms with E-state index in [0.29, 0.717) is 22.2 Å². The van der Waals surface area contributed by atoms with Gasteiger partial charge < -0.3 is 5.32 Å². The van der Waals surface area contributed by atoms with Crippen molar-refractivity contribution in [3.8, 4) is 0 Å². The average Bonchev–Trinajstić information content (AvgIpc) is 2.30. The third-order valence-electron chi connectivity index (χ3n) is 2.67. The molecule has 0 spiro atoms. The molecular formula is C14H12Cl2FN. The topological polar surface area (TPSA) is 12.0 Å². The molecule has 0 atom stereocenters. The van der Waals surface area contributed by atoms with Crippen LogP contribution in [0.25, 0.3) is 0 Å². The third-order valence-corrected chi connectivity index (χ3v) is 3.11. The summed E-state index contributed by atoms with van der Waals surface area (Å²) >= 11 is 11.8. The second kappa shape index (κ2) is 5.59. The van der Waals surface area contributed by atoms with Crippen LogP contribution in [0.5, 0.6) is 0 Å². The summed E-state index contributed by atoms with van der Waals surface area (Å²) in [7, 11) is 0. The van der Waals surface area contributed by atoms with Gasteiger partial charge in [0.2, 0.25) is 0 Å². The van der Waals surface area contributed by atoms with E-state index in [-0.39, 0.29) is 5.82 Å². The van der Waals surface area contributed by atoms with Crippen LogP contribution in [0.3, 0.4) is 0 Å². The maximum absolute atomic E-state index is 13.4. The maximum atomic E-state index is 13.4. The van der Waals surface area contributed by atoms with E-state index in [4.69, 9.17) is 23.2 Å². The standard InChI is InChI=1S/C14H12Cl2FN/c1-9-13(17)3-2-4-14(9)18-8-10-5-11(15)7-12(16)6-10/h2-7,18H,8H2,1H3. The highest BCUT2D eigenvalue weighted by molar-refractivity contribution is 6.34. The molecule has 0 bridgehead atoms. The minimum absolute atomic E-state index is 0.218. The smallest absolute Gasteiger partial charge is 0.128 e. The Balaban J connectivity index is 2.14. The summed E-state index contributed by atoms with van der Waals surface area (Å²) in [6.07, 6.45) is 0. The Bertz CT molecular complexity index is 549. The normalized spacial score (nSPS) is 10.4. The number of anilines is 1. The van der Waals surface area contributed by atoms with Crippen molar-refractivity contribution in [3.63, 3.8) is 0 Å². The van der Waals surface area contributed by atoms with Gasteiger partial charge in [-0.3, -0.25) is 0 Å². The van der Waals surface area contributed by atoms with E-state index in [9.17, 15) is 4.39 Å². The Hall–Kier alpha value is -1.25. The largest absolute Gasteiger partial charge is 0.381 e. The van der Waals surface area contributed by atoms with Gasteiger partial charge >= 0.3 is 0 Å². The molecule has 0 aromatic heterocycles. The molecular weight excluding hydrogens is 272 g/mol. The Morgan fingerprint density at radius 3 is 2.44 bits per heavy atom. The van der Waals surface area contributed by atoms with Gasteiger partial charge in [-0.25, -0.2) is 4.39 Å². The summed E-state index contributed by atoms with van der Waals surface area (Å²) in [6, 6.07) is 10.3. The molecule has 4 heteroatoms. The first kappa shape index (κ1) is 13.2. The highest BCUT2D eigenvalue weighted by Crippen LogP contribution is 2.21. The van der Waals surface area contributed by atoms with Crippen molar-refractivity contribution in [2.45, 2.75) is 13.5 Å². The molecule has 0 aliphatic heterocycles. The third kappa shape index (κ3) is 3.15. The molecule has 0 aliphatic carbocycles. The zero-order chi connectivity index (χ0) is 13.1. The minimum atomic E-state index is -0.218. The van der Waals surface area contributed by atoms with Crippen molar-refractivity contribution < 1.29 is 4.39 Å².